The fraction of sp³-hybridized carbons (Fsp3) is 0.267. The molecule has 0 aliphatic rings. The van der Waals surface area contributed by atoms with E-state index in [4.69, 9.17) is 14.7 Å². The van der Waals surface area contributed by atoms with E-state index in [1.54, 1.807) is 37.5 Å². The number of allylic oxidation sites excluding steroid dienone is 1. The van der Waals surface area contributed by atoms with E-state index in [-0.39, 0.29) is 24.4 Å². The molecule has 5 nitrogen and oxygen atoms in total. The van der Waals surface area contributed by atoms with Crippen LogP contribution in [0.5, 0.6) is 5.75 Å². The van der Waals surface area contributed by atoms with E-state index in [0.29, 0.717) is 5.75 Å². The average Bonchev–Trinajstić information content (AvgIpc) is 2.38. The van der Waals surface area contributed by atoms with Crippen molar-refractivity contribution in [2.24, 2.45) is 0 Å². The standard InChI is InChI=1S/C15H15NO4/c1-11(17)9-15(18)20-14(7-8-16)10-12-3-5-13(19-2)6-4-12/h3-6,10H,7,9H2,1-2H3/b14-10+. The van der Waals surface area contributed by atoms with Gasteiger partial charge in [-0.05, 0) is 30.7 Å². The summed E-state index contributed by atoms with van der Waals surface area (Å²) in [5.41, 5.74) is 0.770. The molecule has 0 unspecified atom stereocenters. The van der Waals surface area contributed by atoms with E-state index >= 15 is 0 Å². The van der Waals surface area contributed by atoms with E-state index in [0.717, 1.165) is 5.56 Å². The predicted octanol–water partition coefficient (Wildman–Crippen LogP) is 2.47. The lowest BCUT2D eigenvalue weighted by atomic mass is 10.2. The molecule has 0 bridgehead atoms. The highest BCUT2D eigenvalue weighted by atomic mass is 16.5. The van der Waals surface area contributed by atoms with Crippen LogP contribution in [0.25, 0.3) is 6.08 Å². The van der Waals surface area contributed by atoms with Crippen LogP contribution in [0, 0.1) is 11.3 Å². The highest BCUT2D eigenvalue weighted by Crippen LogP contribution is 2.16. The van der Waals surface area contributed by atoms with Gasteiger partial charge >= 0.3 is 5.97 Å². The quantitative estimate of drug-likeness (QED) is 0.452. The number of hydrogen-bond donors (Lipinski definition) is 0. The lowest BCUT2D eigenvalue weighted by Crippen LogP contribution is -2.08. The summed E-state index contributed by atoms with van der Waals surface area (Å²) >= 11 is 0. The van der Waals surface area contributed by atoms with Crippen LogP contribution < -0.4 is 4.74 Å². The van der Waals surface area contributed by atoms with Crippen LogP contribution in [0.15, 0.2) is 30.0 Å². The van der Waals surface area contributed by atoms with E-state index in [2.05, 4.69) is 0 Å². The molecule has 0 N–H and O–H groups in total. The molecule has 1 aromatic rings. The summed E-state index contributed by atoms with van der Waals surface area (Å²) in [6.45, 7) is 1.30. The van der Waals surface area contributed by atoms with Gasteiger partial charge in [0, 0.05) is 0 Å². The molecule has 1 aromatic carbocycles. The van der Waals surface area contributed by atoms with Gasteiger partial charge in [-0.15, -0.1) is 0 Å². The van der Waals surface area contributed by atoms with Crippen molar-refractivity contribution < 1.29 is 19.1 Å². The summed E-state index contributed by atoms with van der Waals surface area (Å²) in [5, 5.41) is 8.72. The molecule has 0 spiro atoms. The fourth-order valence-corrected chi connectivity index (χ4v) is 1.47. The zero-order valence-electron chi connectivity index (χ0n) is 11.4. The lowest BCUT2D eigenvalue weighted by Gasteiger charge is -2.05. The van der Waals surface area contributed by atoms with Crippen molar-refractivity contribution in [1.29, 1.82) is 5.26 Å². The van der Waals surface area contributed by atoms with Crippen molar-refractivity contribution in [3.05, 3.63) is 35.6 Å². The lowest BCUT2D eigenvalue weighted by molar-refractivity contribution is -0.141. The molecular formula is C15H15NO4. The van der Waals surface area contributed by atoms with Crippen molar-refractivity contribution in [3.63, 3.8) is 0 Å². The molecule has 0 heterocycles. The molecule has 0 aliphatic carbocycles. The number of benzene rings is 1. The third kappa shape index (κ3) is 5.36. The van der Waals surface area contributed by atoms with Gasteiger partial charge in [-0.2, -0.15) is 5.26 Å². The maximum Gasteiger partial charge on any atom is 0.318 e. The molecule has 0 aromatic heterocycles. The fourth-order valence-electron chi connectivity index (χ4n) is 1.47. The van der Waals surface area contributed by atoms with E-state index in [1.165, 1.54) is 6.92 Å². The first-order valence-corrected chi connectivity index (χ1v) is 5.97. The first-order chi connectivity index (χ1) is 9.55. The molecule has 0 aliphatic heterocycles. The Bertz CT molecular complexity index is 552. The number of ketones is 1. The number of Topliss-reactive ketones (excluding diaryl/α,β-unsaturated/α-hetero) is 1. The normalized spacial score (nSPS) is 10.6. The second kappa shape index (κ2) is 7.74. The number of carbonyl (C=O) groups excluding carboxylic acids is 2. The highest BCUT2D eigenvalue weighted by molar-refractivity contribution is 5.94. The van der Waals surface area contributed by atoms with Crippen LogP contribution in [-0.2, 0) is 14.3 Å². The number of nitrogens with zero attached hydrogens (tertiary/aromatic N) is 1. The molecule has 5 heteroatoms. The minimum absolute atomic E-state index is 0.0460. The molecule has 104 valence electrons. The van der Waals surface area contributed by atoms with E-state index in [1.807, 2.05) is 6.07 Å². The van der Waals surface area contributed by atoms with E-state index < -0.39 is 5.97 Å². The minimum atomic E-state index is -0.660. The van der Waals surface area contributed by atoms with Gasteiger partial charge in [-0.25, -0.2) is 0 Å². The molecule has 0 radical (unpaired) electrons. The molecule has 0 amide bonds. The Hall–Kier alpha value is -2.61. The van der Waals surface area contributed by atoms with Crippen LogP contribution >= 0.6 is 0 Å². The first kappa shape index (κ1) is 15.4. The topological polar surface area (TPSA) is 76.4 Å². The molecule has 0 saturated heterocycles. The number of rotatable bonds is 6. The van der Waals surface area contributed by atoms with Crippen LogP contribution in [0.2, 0.25) is 0 Å². The monoisotopic (exact) mass is 273 g/mol. The SMILES string of the molecule is COc1ccc(/C=C(\CC#N)OC(=O)CC(C)=O)cc1. The van der Waals surface area contributed by atoms with Crippen LogP contribution in [-0.4, -0.2) is 18.9 Å². The van der Waals surface area contributed by atoms with Gasteiger partial charge in [0.15, 0.2) is 0 Å². The Morgan fingerprint density at radius 2 is 1.95 bits per heavy atom. The second-order valence-corrected chi connectivity index (χ2v) is 4.07. The Morgan fingerprint density at radius 3 is 2.45 bits per heavy atom. The van der Waals surface area contributed by atoms with Crippen molar-refractivity contribution in [2.45, 2.75) is 19.8 Å². The van der Waals surface area contributed by atoms with E-state index in [9.17, 15) is 9.59 Å². The first-order valence-electron chi connectivity index (χ1n) is 5.97. The summed E-state index contributed by atoms with van der Waals surface area (Å²) in [4.78, 5) is 22.2. The Kier molecular flexibility index (Phi) is 5.98. The number of hydrogen-bond acceptors (Lipinski definition) is 5. The Morgan fingerprint density at radius 1 is 1.30 bits per heavy atom. The predicted molar refractivity (Wildman–Crippen MR) is 72.6 cm³/mol. The minimum Gasteiger partial charge on any atom is -0.497 e. The van der Waals surface area contributed by atoms with Crippen LogP contribution in [0.3, 0.4) is 0 Å². The highest BCUT2D eigenvalue weighted by Gasteiger charge is 2.10. The summed E-state index contributed by atoms with van der Waals surface area (Å²) < 4.78 is 10.0. The Labute approximate surface area is 117 Å². The van der Waals surface area contributed by atoms with Crippen LogP contribution in [0.1, 0.15) is 25.3 Å². The summed E-state index contributed by atoms with van der Waals surface area (Å²) in [5.74, 6) is -0.0234. The number of carbonyl (C=O) groups is 2. The van der Waals surface area contributed by atoms with Gasteiger partial charge in [0.1, 0.15) is 23.7 Å². The molecule has 0 fully saturated rings. The van der Waals surface area contributed by atoms with Crippen molar-refractivity contribution in [2.75, 3.05) is 7.11 Å². The zero-order valence-corrected chi connectivity index (χ0v) is 11.4. The van der Waals surface area contributed by atoms with Gasteiger partial charge < -0.3 is 9.47 Å². The number of ether oxygens (including phenoxy) is 2. The molecule has 0 atom stereocenters. The average molecular weight is 273 g/mol. The number of nitriles is 1. The summed E-state index contributed by atoms with van der Waals surface area (Å²) in [7, 11) is 1.56. The molecular weight excluding hydrogens is 258 g/mol. The van der Waals surface area contributed by atoms with Crippen molar-refractivity contribution >= 4 is 17.8 Å². The molecule has 20 heavy (non-hydrogen) atoms. The van der Waals surface area contributed by atoms with Crippen molar-refractivity contribution in [1.82, 2.24) is 0 Å². The number of esters is 1. The smallest absolute Gasteiger partial charge is 0.318 e. The number of methoxy groups -OCH3 is 1. The maximum absolute atomic E-state index is 11.4. The maximum atomic E-state index is 11.4. The Balaban J connectivity index is 2.83. The third-order valence-electron chi connectivity index (χ3n) is 2.33. The third-order valence-corrected chi connectivity index (χ3v) is 2.33. The summed E-state index contributed by atoms with van der Waals surface area (Å²) in [6, 6.07) is 8.97. The van der Waals surface area contributed by atoms with Gasteiger partial charge in [-0.1, -0.05) is 12.1 Å². The molecule has 1 rings (SSSR count). The van der Waals surface area contributed by atoms with Gasteiger partial charge in [0.25, 0.3) is 0 Å². The molecule has 0 saturated carbocycles. The van der Waals surface area contributed by atoms with Gasteiger partial charge in [0.05, 0.1) is 19.6 Å². The second-order valence-electron chi connectivity index (χ2n) is 4.07. The summed E-state index contributed by atoms with van der Waals surface area (Å²) in [6.07, 6.45) is 1.24. The van der Waals surface area contributed by atoms with Gasteiger partial charge in [-0.3, -0.25) is 9.59 Å². The van der Waals surface area contributed by atoms with Gasteiger partial charge in [0.2, 0.25) is 0 Å². The van der Waals surface area contributed by atoms with Crippen LogP contribution in [0.4, 0.5) is 0 Å². The zero-order chi connectivity index (χ0) is 15.0. The largest absolute Gasteiger partial charge is 0.497 e. The van der Waals surface area contributed by atoms with Crippen molar-refractivity contribution in [3.8, 4) is 11.8 Å².